The van der Waals surface area contributed by atoms with Gasteiger partial charge in [0, 0.05) is 88.1 Å². The first-order chi connectivity index (χ1) is 28.5. The number of aromatic nitrogens is 4. The van der Waals surface area contributed by atoms with E-state index in [0.29, 0.717) is 41.3 Å². The number of carbonyl (C=O) groups is 4. The molecular weight excluding hydrogens is 819 g/mol. The van der Waals surface area contributed by atoms with Crippen molar-refractivity contribution in [3.8, 4) is 22.4 Å². The average Bonchev–Trinajstić information content (AvgIpc) is 4.01. The lowest BCUT2D eigenvalue weighted by Crippen LogP contribution is -2.42. The number of imidazole rings is 1. The number of anilines is 1. The zero-order valence-electron chi connectivity index (χ0n) is 34.7. The predicted molar refractivity (Wildman–Crippen MR) is 221 cm³/mol. The number of likely N-dealkylation sites (N-methyl/N-ethyl adjacent to an activating group) is 2. The average molecular weight is 873 g/mol. The van der Waals surface area contributed by atoms with Gasteiger partial charge in [-0.2, -0.15) is 18.3 Å². The molecule has 2 aromatic carbocycles. The van der Waals surface area contributed by atoms with Crippen molar-refractivity contribution in [3.63, 3.8) is 0 Å². The summed E-state index contributed by atoms with van der Waals surface area (Å²) in [5, 5.41) is 17.6. The van der Waals surface area contributed by atoms with Crippen LogP contribution in [-0.2, 0) is 27.9 Å². The number of hydrogen-bond donors (Lipinski definition) is 3. The van der Waals surface area contributed by atoms with Crippen LogP contribution in [0, 0.1) is 18.6 Å². The standard InChI is InChI=1S/C18H18F2N4O2.C8H8ClNO.C6H14N2.C5H9NO.C2HF3O.CH4O/c1-11-14(8-22-24(11)6-7-26-3)12-4-5-13(18(20)17(12)19)15-9-21-16(10-25)23(15)2;1-10-7-3-2-6(5-11)8(9)4-7;1-7-3-5-8(2)6-4-7;7-4-5-2-1-3-6-5;3-2(4,5)1-6;1-2/h4-5,8-10H,6-7H2,1-3H3;2-5,10H,1H3;3-6H2,1-2H3;4-6H,1-3H2;1H;2H,1H3. The Hall–Kier alpha value is -4.92. The number of rotatable bonds is 9. The summed E-state index contributed by atoms with van der Waals surface area (Å²) in [6.07, 6.45) is 1.62. The molecule has 1 unspecified atom stereocenters. The molecule has 2 saturated heterocycles. The van der Waals surface area contributed by atoms with E-state index in [0.717, 1.165) is 50.4 Å². The van der Waals surface area contributed by atoms with Crippen molar-refractivity contribution in [3.05, 3.63) is 76.5 Å². The van der Waals surface area contributed by atoms with Gasteiger partial charge in [0.15, 0.2) is 30.0 Å². The van der Waals surface area contributed by atoms with E-state index in [1.807, 2.05) is 0 Å². The van der Waals surface area contributed by atoms with Gasteiger partial charge in [-0.15, -0.1) is 0 Å². The first kappa shape index (κ1) is 53.1. The number of aliphatic hydroxyl groups is 1. The van der Waals surface area contributed by atoms with Gasteiger partial charge in [0.2, 0.25) is 6.29 Å². The second kappa shape index (κ2) is 27.8. The number of carbonyl (C=O) groups excluding carboxylic acids is 4. The molecule has 0 radical (unpaired) electrons. The van der Waals surface area contributed by atoms with Gasteiger partial charge in [0.1, 0.15) is 6.29 Å². The molecule has 3 N–H and O–H groups in total. The number of benzene rings is 2. The topological polar surface area (TPSA) is 164 Å². The van der Waals surface area contributed by atoms with Crippen LogP contribution >= 0.6 is 11.6 Å². The number of aldehydes is 4. The largest absolute Gasteiger partial charge is 0.446 e. The van der Waals surface area contributed by atoms with Gasteiger partial charge in [-0.25, -0.2) is 13.8 Å². The first-order valence-electron chi connectivity index (χ1n) is 18.5. The zero-order chi connectivity index (χ0) is 45.4. The van der Waals surface area contributed by atoms with Crippen molar-refractivity contribution in [2.45, 2.75) is 38.5 Å². The maximum absolute atomic E-state index is 14.8. The van der Waals surface area contributed by atoms with Gasteiger partial charge in [-0.05, 0) is 64.7 Å². The molecule has 14 nitrogen and oxygen atoms in total. The van der Waals surface area contributed by atoms with Crippen LogP contribution in [0.4, 0.5) is 27.6 Å². The van der Waals surface area contributed by atoms with Gasteiger partial charge < -0.3 is 39.6 Å². The van der Waals surface area contributed by atoms with Crippen molar-refractivity contribution in [2.24, 2.45) is 7.05 Å². The highest BCUT2D eigenvalue weighted by Gasteiger charge is 2.25. The van der Waals surface area contributed by atoms with Crippen LogP contribution in [0.2, 0.25) is 5.02 Å². The fourth-order valence-corrected chi connectivity index (χ4v) is 5.59. The number of methoxy groups -OCH3 is 1. The molecule has 6 rings (SSSR count). The molecule has 2 fully saturated rings. The molecule has 20 heteroatoms. The van der Waals surface area contributed by atoms with E-state index in [1.54, 1.807) is 51.0 Å². The molecule has 60 heavy (non-hydrogen) atoms. The van der Waals surface area contributed by atoms with E-state index >= 15 is 0 Å². The minimum absolute atomic E-state index is 0.0405. The number of alkyl halides is 3. The van der Waals surface area contributed by atoms with Crippen molar-refractivity contribution in [2.75, 3.05) is 80.0 Å². The summed E-state index contributed by atoms with van der Waals surface area (Å²) >= 11 is 5.74. The highest BCUT2D eigenvalue weighted by Crippen LogP contribution is 2.33. The van der Waals surface area contributed by atoms with Gasteiger partial charge in [0.25, 0.3) is 0 Å². The number of aliphatic hydroxyl groups excluding tert-OH is 1. The smallest absolute Gasteiger partial charge is 0.400 e. The summed E-state index contributed by atoms with van der Waals surface area (Å²) in [4.78, 5) is 48.5. The molecule has 2 aliphatic rings. The van der Waals surface area contributed by atoms with Crippen LogP contribution < -0.4 is 10.6 Å². The number of hydrogen-bond acceptors (Lipinski definition) is 12. The van der Waals surface area contributed by atoms with Crippen molar-refractivity contribution >= 4 is 42.4 Å². The molecule has 4 aromatic rings. The number of piperazine rings is 1. The molecule has 0 bridgehead atoms. The molecule has 0 spiro atoms. The Morgan fingerprint density at radius 1 is 0.933 bits per heavy atom. The summed E-state index contributed by atoms with van der Waals surface area (Å²) in [6, 6.07) is 8.35. The normalized spacial score (nSPS) is 14.8. The molecule has 2 aliphatic heterocycles. The predicted octanol–water partition coefficient (Wildman–Crippen LogP) is 5.35. The second-order valence-electron chi connectivity index (χ2n) is 13.0. The molecule has 2 aromatic heterocycles. The van der Waals surface area contributed by atoms with Crippen molar-refractivity contribution in [1.82, 2.24) is 34.4 Å². The number of ether oxygens (including phenoxy) is 1. The van der Waals surface area contributed by atoms with Crippen LogP contribution in [0.1, 0.15) is 39.5 Å². The Labute approximate surface area is 351 Å². The molecule has 1 atom stereocenters. The fourth-order valence-electron chi connectivity index (χ4n) is 5.37. The third-order valence-corrected chi connectivity index (χ3v) is 9.25. The third-order valence-electron chi connectivity index (χ3n) is 8.93. The fraction of sp³-hybridized carbons (Fsp3) is 0.450. The summed E-state index contributed by atoms with van der Waals surface area (Å²) in [5.74, 6) is -1.82. The molecule has 332 valence electrons. The van der Waals surface area contributed by atoms with E-state index in [1.165, 1.54) is 55.3 Å². The third kappa shape index (κ3) is 17.4. The van der Waals surface area contributed by atoms with Crippen molar-refractivity contribution < 1.29 is 51.0 Å². The van der Waals surface area contributed by atoms with Crippen LogP contribution in [-0.4, -0.2) is 146 Å². The van der Waals surface area contributed by atoms with Gasteiger partial charge in [-0.3, -0.25) is 19.1 Å². The minimum atomic E-state index is -4.64. The van der Waals surface area contributed by atoms with E-state index < -0.39 is 24.1 Å². The Morgan fingerprint density at radius 2 is 1.52 bits per heavy atom. The maximum Gasteiger partial charge on any atom is 0.446 e. The Morgan fingerprint density at radius 3 is 1.95 bits per heavy atom. The van der Waals surface area contributed by atoms with Crippen LogP contribution in [0.15, 0.2) is 42.7 Å². The molecule has 0 amide bonds. The molecule has 4 heterocycles. The van der Waals surface area contributed by atoms with Crippen LogP contribution in [0.25, 0.3) is 22.4 Å². The zero-order valence-corrected chi connectivity index (χ0v) is 35.5. The van der Waals surface area contributed by atoms with Gasteiger partial charge in [0.05, 0.1) is 42.3 Å². The quantitative estimate of drug-likeness (QED) is 0.146. The minimum Gasteiger partial charge on any atom is -0.400 e. The first-order valence-corrected chi connectivity index (χ1v) is 18.9. The van der Waals surface area contributed by atoms with Crippen LogP contribution in [0.5, 0.6) is 0 Å². The monoisotopic (exact) mass is 872 g/mol. The number of nitrogens with one attached hydrogen (secondary N) is 2. The van der Waals surface area contributed by atoms with E-state index in [-0.39, 0.29) is 23.0 Å². The number of halogens is 6. The summed E-state index contributed by atoms with van der Waals surface area (Å²) < 4.78 is 68.8. The summed E-state index contributed by atoms with van der Waals surface area (Å²) in [5.41, 5.74) is 3.15. The Balaban J connectivity index is 0.000000433. The Bertz CT molecular complexity index is 1900. The number of nitrogens with zero attached hydrogens (tertiary/aromatic N) is 6. The van der Waals surface area contributed by atoms with Crippen molar-refractivity contribution in [1.29, 1.82) is 0 Å². The molecular formula is C40H54ClF5N8O6. The lowest BCUT2D eigenvalue weighted by molar-refractivity contribution is -0.156. The lowest BCUT2D eigenvalue weighted by Gasteiger charge is -2.28. The van der Waals surface area contributed by atoms with Gasteiger partial charge >= 0.3 is 6.18 Å². The van der Waals surface area contributed by atoms with E-state index in [2.05, 4.69) is 44.6 Å². The summed E-state index contributed by atoms with van der Waals surface area (Å²) in [7, 11) is 10.3. The highest BCUT2D eigenvalue weighted by molar-refractivity contribution is 6.33. The summed E-state index contributed by atoms with van der Waals surface area (Å²) in [6.45, 7) is 8.73. The SMILES string of the molecule is CN1CCN(C)CC1.CNc1ccc(C=O)c(Cl)c1.CO.COCCn1ncc(-c2ccc(-c3cnc(C=O)n3C)c(F)c2F)c1C.O=CC(F)(F)F.O=CC1CCCN1. The highest BCUT2D eigenvalue weighted by atomic mass is 35.5. The lowest BCUT2D eigenvalue weighted by atomic mass is 10.0. The van der Waals surface area contributed by atoms with E-state index in [9.17, 15) is 36.3 Å². The van der Waals surface area contributed by atoms with Crippen LogP contribution in [0.3, 0.4) is 0 Å². The molecule has 0 aliphatic carbocycles. The second-order valence-corrected chi connectivity index (χ2v) is 13.4. The molecule has 0 saturated carbocycles. The Kier molecular flexibility index (Phi) is 24.6. The van der Waals surface area contributed by atoms with E-state index in [4.69, 9.17) is 26.2 Å². The van der Waals surface area contributed by atoms with Gasteiger partial charge in [-0.1, -0.05) is 17.7 Å². The maximum atomic E-state index is 14.8.